The molecule has 1 unspecified atom stereocenters. The molecule has 0 aliphatic heterocycles. The smallest absolute Gasteiger partial charge is 0.222 e. The standard InChI is InChI=1S/C12H24N2O/c1-4-10-14(5-2)12(15)7-6-11(3)8-9-13/h4,11H,1,5-10,13H2,2-3H3. The third-order valence-electron chi connectivity index (χ3n) is 2.59. The van der Waals surface area contributed by atoms with E-state index >= 15 is 0 Å². The second-order valence-corrected chi connectivity index (χ2v) is 3.94. The predicted molar refractivity (Wildman–Crippen MR) is 64.5 cm³/mol. The number of amides is 1. The van der Waals surface area contributed by atoms with Crippen molar-refractivity contribution >= 4 is 5.91 Å². The highest BCUT2D eigenvalue weighted by atomic mass is 16.2. The van der Waals surface area contributed by atoms with E-state index in [1.807, 2.05) is 11.8 Å². The number of hydrogen-bond donors (Lipinski definition) is 1. The van der Waals surface area contributed by atoms with E-state index < -0.39 is 0 Å². The molecule has 3 heteroatoms. The molecule has 15 heavy (non-hydrogen) atoms. The molecule has 0 rings (SSSR count). The van der Waals surface area contributed by atoms with E-state index in [0.717, 1.165) is 19.4 Å². The Morgan fingerprint density at radius 3 is 2.67 bits per heavy atom. The largest absolute Gasteiger partial charge is 0.339 e. The van der Waals surface area contributed by atoms with E-state index in [1.54, 1.807) is 6.08 Å². The highest BCUT2D eigenvalue weighted by molar-refractivity contribution is 5.76. The van der Waals surface area contributed by atoms with Gasteiger partial charge < -0.3 is 10.6 Å². The molecule has 1 amide bonds. The van der Waals surface area contributed by atoms with Gasteiger partial charge in [-0.25, -0.2) is 0 Å². The summed E-state index contributed by atoms with van der Waals surface area (Å²) in [6.45, 7) is 9.90. The van der Waals surface area contributed by atoms with Gasteiger partial charge in [-0.05, 0) is 32.2 Å². The average molecular weight is 212 g/mol. The quantitative estimate of drug-likeness (QED) is 0.623. The van der Waals surface area contributed by atoms with E-state index in [2.05, 4.69) is 13.5 Å². The summed E-state index contributed by atoms with van der Waals surface area (Å²) in [7, 11) is 0. The van der Waals surface area contributed by atoms with E-state index in [1.165, 1.54) is 0 Å². The fourth-order valence-electron chi connectivity index (χ4n) is 1.52. The van der Waals surface area contributed by atoms with Crippen LogP contribution in [0.4, 0.5) is 0 Å². The molecule has 0 fully saturated rings. The van der Waals surface area contributed by atoms with Gasteiger partial charge in [-0.2, -0.15) is 0 Å². The van der Waals surface area contributed by atoms with Crippen molar-refractivity contribution in [1.82, 2.24) is 4.90 Å². The van der Waals surface area contributed by atoms with Crippen molar-refractivity contribution in [2.45, 2.75) is 33.1 Å². The fourth-order valence-corrected chi connectivity index (χ4v) is 1.52. The second-order valence-electron chi connectivity index (χ2n) is 3.94. The maximum Gasteiger partial charge on any atom is 0.222 e. The third-order valence-corrected chi connectivity index (χ3v) is 2.59. The summed E-state index contributed by atoms with van der Waals surface area (Å²) in [5, 5.41) is 0. The lowest BCUT2D eigenvalue weighted by Crippen LogP contribution is -2.31. The van der Waals surface area contributed by atoms with Crippen molar-refractivity contribution < 1.29 is 4.79 Å². The van der Waals surface area contributed by atoms with Crippen molar-refractivity contribution in [2.24, 2.45) is 11.7 Å². The average Bonchev–Trinajstić information content (AvgIpc) is 2.23. The van der Waals surface area contributed by atoms with Gasteiger partial charge in [0.1, 0.15) is 0 Å². The van der Waals surface area contributed by atoms with Gasteiger partial charge in [-0.3, -0.25) is 4.79 Å². The minimum atomic E-state index is 0.223. The Labute approximate surface area is 93.3 Å². The Morgan fingerprint density at radius 2 is 2.20 bits per heavy atom. The molecule has 2 N–H and O–H groups in total. The molecule has 0 aromatic rings. The van der Waals surface area contributed by atoms with E-state index in [4.69, 9.17) is 5.73 Å². The number of carbonyl (C=O) groups excluding carboxylic acids is 1. The number of hydrogen-bond acceptors (Lipinski definition) is 2. The maximum atomic E-state index is 11.7. The Kier molecular flexibility index (Phi) is 8.01. The predicted octanol–water partition coefficient (Wildman–Crippen LogP) is 1.79. The number of nitrogens with two attached hydrogens (primary N) is 1. The van der Waals surface area contributed by atoms with Gasteiger partial charge in [-0.15, -0.1) is 6.58 Å². The zero-order valence-corrected chi connectivity index (χ0v) is 10.0. The molecular weight excluding hydrogens is 188 g/mol. The Balaban J connectivity index is 3.84. The molecule has 0 heterocycles. The first-order valence-corrected chi connectivity index (χ1v) is 5.74. The van der Waals surface area contributed by atoms with Crippen molar-refractivity contribution in [3.63, 3.8) is 0 Å². The minimum absolute atomic E-state index is 0.223. The number of nitrogens with zero attached hydrogens (tertiary/aromatic N) is 1. The zero-order valence-electron chi connectivity index (χ0n) is 10.0. The van der Waals surface area contributed by atoms with Gasteiger partial charge in [0, 0.05) is 19.5 Å². The second kappa shape index (κ2) is 8.48. The lowest BCUT2D eigenvalue weighted by Gasteiger charge is -2.19. The van der Waals surface area contributed by atoms with E-state index in [-0.39, 0.29) is 5.91 Å². The molecule has 3 nitrogen and oxygen atoms in total. The van der Waals surface area contributed by atoms with Crippen LogP contribution in [-0.2, 0) is 4.79 Å². The van der Waals surface area contributed by atoms with Crippen LogP contribution in [0, 0.1) is 5.92 Å². The summed E-state index contributed by atoms with van der Waals surface area (Å²) >= 11 is 0. The molecule has 0 aliphatic rings. The van der Waals surface area contributed by atoms with Crippen LogP contribution >= 0.6 is 0 Å². The lowest BCUT2D eigenvalue weighted by molar-refractivity contribution is -0.130. The molecule has 0 aromatic heterocycles. The van der Waals surface area contributed by atoms with Gasteiger partial charge in [0.25, 0.3) is 0 Å². The fraction of sp³-hybridized carbons (Fsp3) is 0.750. The molecule has 0 spiro atoms. The highest BCUT2D eigenvalue weighted by Crippen LogP contribution is 2.10. The number of likely N-dealkylation sites (N-methyl/N-ethyl adjacent to an activating group) is 1. The van der Waals surface area contributed by atoms with Crippen molar-refractivity contribution in [2.75, 3.05) is 19.6 Å². The molecule has 88 valence electrons. The monoisotopic (exact) mass is 212 g/mol. The SMILES string of the molecule is C=CCN(CC)C(=O)CCC(C)CCN. The summed E-state index contributed by atoms with van der Waals surface area (Å²) in [5.41, 5.74) is 5.46. The molecule has 0 radical (unpaired) electrons. The molecule has 0 saturated heterocycles. The van der Waals surface area contributed by atoms with Crippen molar-refractivity contribution in [1.29, 1.82) is 0 Å². The lowest BCUT2D eigenvalue weighted by atomic mass is 10.0. The van der Waals surface area contributed by atoms with Gasteiger partial charge >= 0.3 is 0 Å². The van der Waals surface area contributed by atoms with Crippen LogP contribution in [0.3, 0.4) is 0 Å². The first-order chi connectivity index (χ1) is 7.15. The highest BCUT2D eigenvalue weighted by Gasteiger charge is 2.11. The molecule has 1 atom stereocenters. The van der Waals surface area contributed by atoms with Crippen LogP contribution in [0.1, 0.15) is 33.1 Å². The van der Waals surface area contributed by atoms with Crippen LogP contribution in [0.2, 0.25) is 0 Å². The Bertz CT molecular complexity index is 192. The first kappa shape index (κ1) is 14.2. The third kappa shape index (κ3) is 6.28. The normalized spacial score (nSPS) is 12.2. The van der Waals surface area contributed by atoms with E-state index in [9.17, 15) is 4.79 Å². The summed E-state index contributed by atoms with van der Waals surface area (Å²) in [4.78, 5) is 13.5. The van der Waals surface area contributed by atoms with Crippen molar-refractivity contribution in [3.8, 4) is 0 Å². The van der Waals surface area contributed by atoms with Crippen LogP contribution in [-0.4, -0.2) is 30.4 Å². The Morgan fingerprint density at radius 1 is 1.53 bits per heavy atom. The molecule has 0 aliphatic carbocycles. The summed E-state index contributed by atoms with van der Waals surface area (Å²) < 4.78 is 0. The van der Waals surface area contributed by atoms with Crippen LogP contribution < -0.4 is 5.73 Å². The summed E-state index contributed by atoms with van der Waals surface area (Å²) in [5.74, 6) is 0.766. The number of carbonyl (C=O) groups is 1. The van der Waals surface area contributed by atoms with Crippen LogP contribution in [0.25, 0.3) is 0 Å². The maximum absolute atomic E-state index is 11.7. The molecule has 0 saturated carbocycles. The van der Waals surface area contributed by atoms with Crippen LogP contribution in [0.5, 0.6) is 0 Å². The van der Waals surface area contributed by atoms with Crippen molar-refractivity contribution in [3.05, 3.63) is 12.7 Å². The molecule has 0 bridgehead atoms. The van der Waals surface area contributed by atoms with E-state index in [0.29, 0.717) is 25.4 Å². The topological polar surface area (TPSA) is 46.3 Å². The Hall–Kier alpha value is -0.830. The summed E-state index contributed by atoms with van der Waals surface area (Å²) in [6.07, 6.45) is 4.33. The summed E-state index contributed by atoms with van der Waals surface area (Å²) in [6, 6.07) is 0. The number of rotatable bonds is 8. The van der Waals surface area contributed by atoms with Gasteiger partial charge in [0.15, 0.2) is 0 Å². The van der Waals surface area contributed by atoms with Gasteiger partial charge in [0.05, 0.1) is 0 Å². The van der Waals surface area contributed by atoms with Crippen LogP contribution in [0.15, 0.2) is 12.7 Å². The minimum Gasteiger partial charge on any atom is -0.339 e. The zero-order chi connectivity index (χ0) is 11.7. The molecule has 0 aromatic carbocycles. The molecular formula is C12H24N2O. The van der Waals surface area contributed by atoms with Gasteiger partial charge in [0.2, 0.25) is 5.91 Å². The van der Waals surface area contributed by atoms with Gasteiger partial charge in [-0.1, -0.05) is 13.0 Å². The first-order valence-electron chi connectivity index (χ1n) is 5.74.